The Morgan fingerprint density at radius 3 is 3.00 bits per heavy atom. The molecule has 1 aromatic rings. The lowest BCUT2D eigenvalue weighted by Crippen LogP contribution is -2.31. The Balaban J connectivity index is 1.71. The largest absolute Gasteiger partial charge is 0.361 e. The Morgan fingerprint density at radius 2 is 2.31 bits per heavy atom. The molecule has 4 nitrogen and oxygen atoms in total. The first-order chi connectivity index (χ1) is 7.74. The van der Waals surface area contributed by atoms with E-state index in [1.807, 2.05) is 0 Å². The third-order valence-corrected chi connectivity index (χ3v) is 2.43. The number of nitrogens with one attached hydrogen (secondary N) is 2. The van der Waals surface area contributed by atoms with Gasteiger partial charge in [-0.25, -0.2) is 4.98 Å². The van der Waals surface area contributed by atoms with Crippen molar-refractivity contribution in [3.8, 4) is 0 Å². The summed E-state index contributed by atoms with van der Waals surface area (Å²) in [6.07, 6.45) is 2.42. The van der Waals surface area contributed by atoms with Gasteiger partial charge in [-0.15, -0.1) is 0 Å². The fourth-order valence-electron chi connectivity index (χ4n) is 1.32. The predicted octanol–water partition coefficient (Wildman–Crippen LogP) is 1.16. The molecule has 0 aromatic carbocycles. The fourth-order valence-corrected chi connectivity index (χ4v) is 1.32. The first-order valence-electron chi connectivity index (χ1n) is 5.37. The van der Waals surface area contributed by atoms with Gasteiger partial charge < -0.3 is 10.6 Å². The van der Waals surface area contributed by atoms with E-state index in [1.54, 1.807) is 12.1 Å². The van der Waals surface area contributed by atoms with Crippen LogP contribution in [0.4, 0.5) is 10.2 Å². The molecule has 1 aromatic heterocycles. The SMILES string of the molecule is O=C(CNc1cccc(F)n1)NCC1CC1. The summed E-state index contributed by atoms with van der Waals surface area (Å²) in [7, 11) is 0. The van der Waals surface area contributed by atoms with Gasteiger partial charge in [-0.05, 0) is 30.9 Å². The van der Waals surface area contributed by atoms with Gasteiger partial charge in [0.15, 0.2) is 0 Å². The van der Waals surface area contributed by atoms with E-state index in [0.29, 0.717) is 11.7 Å². The zero-order valence-electron chi connectivity index (χ0n) is 8.87. The molecule has 0 radical (unpaired) electrons. The highest BCUT2D eigenvalue weighted by Gasteiger charge is 2.21. The van der Waals surface area contributed by atoms with Crippen LogP contribution < -0.4 is 10.6 Å². The number of pyridine rings is 1. The van der Waals surface area contributed by atoms with Crippen LogP contribution in [0.5, 0.6) is 0 Å². The van der Waals surface area contributed by atoms with Gasteiger partial charge in [-0.2, -0.15) is 4.39 Å². The monoisotopic (exact) mass is 223 g/mol. The number of hydrogen-bond donors (Lipinski definition) is 2. The van der Waals surface area contributed by atoms with Crippen LogP contribution in [0, 0.1) is 11.9 Å². The number of carbonyl (C=O) groups excluding carboxylic acids is 1. The predicted molar refractivity (Wildman–Crippen MR) is 58.4 cm³/mol. The maximum Gasteiger partial charge on any atom is 0.239 e. The van der Waals surface area contributed by atoms with Crippen LogP contribution >= 0.6 is 0 Å². The Kier molecular flexibility index (Phi) is 3.34. The molecule has 0 unspecified atom stereocenters. The van der Waals surface area contributed by atoms with Crippen LogP contribution in [0.2, 0.25) is 0 Å². The standard InChI is InChI=1S/C11H14FN3O/c12-9-2-1-3-10(15-9)13-7-11(16)14-6-8-4-5-8/h1-3,8H,4-7H2,(H,13,15)(H,14,16). The molecule has 0 atom stereocenters. The Hall–Kier alpha value is -1.65. The normalized spacial score (nSPS) is 14.6. The van der Waals surface area contributed by atoms with Crippen molar-refractivity contribution < 1.29 is 9.18 Å². The molecule has 0 spiro atoms. The topological polar surface area (TPSA) is 54.0 Å². The Bertz CT molecular complexity index is 379. The van der Waals surface area contributed by atoms with Crippen LogP contribution in [-0.2, 0) is 4.79 Å². The molecule has 0 bridgehead atoms. The molecule has 86 valence electrons. The van der Waals surface area contributed by atoms with E-state index in [-0.39, 0.29) is 12.5 Å². The van der Waals surface area contributed by atoms with E-state index in [2.05, 4.69) is 15.6 Å². The Labute approximate surface area is 93.3 Å². The molecule has 1 aliphatic rings. The van der Waals surface area contributed by atoms with Crippen molar-refractivity contribution in [3.05, 3.63) is 24.1 Å². The van der Waals surface area contributed by atoms with Crippen LogP contribution in [0.3, 0.4) is 0 Å². The minimum Gasteiger partial charge on any atom is -0.361 e. The Morgan fingerprint density at radius 1 is 1.50 bits per heavy atom. The van der Waals surface area contributed by atoms with Gasteiger partial charge in [0.25, 0.3) is 0 Å². The number of rotatable bonds is 5. The van der Waals surface area contributed by atoms with E-state index in [9.17, 15) is 9.18 Å². The average molecular weight is 223 g/mol. The maximum absolute atomic E-state index is 12.7. The van der Waals surface area contributed by atoms with Gasteiger partial charge in [0.2, 0.25) is 11.9 Å². The first kappa shape index (κ1) is 10.9. The highest BCUT2D eigenvalue weighted by Crippen LogP contribution is 2.27. The average Bonchev–Trinajstić information content (AvgIpc) is 3.07. The van der Waals surface area contributed by atoms with Crippen molar-refractivity contribution in [2.75, 3.05) is 18.4 Å². The van der Waals surface area contributed by atoms with Crippen molar-refractivity contribution in [1.82, 2.24) is 10.3 Å². The van der Waals surface area contributed by atoms with Crippen molar-refractivity contribution in [2.24, 2.45) is 5.92 Å². The van der Waals surface area contributed by atoms with Gasteiger partial charge in [-0.1, -0.05) is 6.07 Å². The lowest BCUT2D eigenvalue weighted by molar-refractivity contribution is -0.119. The number of hydrogen-bond acceptors (Lipinski definition) is 3. The fraction of sp³-hybridized carbons (Fsp3) is 0.455. The second-order valence-electron chi connectivity index (χ2n) is 3.95. The molecule has 1 heterocycles. The molecule has 2 N–H and O–H groups in total. The number of anilines is 1. The summed E-state index contributed by atoms with van der Waals surface area (Å²) >= 11 is 0. The number of nitrogens with zero attached hydrogens (tertiary/aromatic N) is 1. The summed E-state index contributed by atoms with van der Waals surface area (Å²) in [5.41, 5.74) is 0. The summed E-state index contributed by atoms with van der Waals surface area (Å²) in [5, 5.41) is 5.57. The zero-order valence-corrected chi connectivity index (χ0v) is 8.87. The van der Waals surface area contributed by atoms with E-state index >= 15 is 0 Å². The lowest BCUT2D eigenvalue weighted by Gasteiger charge is -2.06. The second-order valence-corrected chi connectivity index (χ2v) is 3.95. The van der Waals surface area contributed by atoms with Crippen molar-refractivity contribution in [3.63, 3.8) is 0 Å². The van der Waals surface area contributed by atoms with Crippen LogP contribution in [0.25, 0.3) is 0 Å². The lowest BCUT2D eigenvalue weighted by atomic mass is 10.4. The van der Waals surface area contributed by atoms with Crippen LogP contribution in [0.1, 0.15) is 12.8 Å². The van der Waals surface area contributed by atoms with E-state index in [0.717, 1.165) is 6.54 Å². The van der Waals surface area contributed by atoms with Gasteiger partial charge in [0.1, 0.15) is 5.82 Å². The smallest absolute Gasteiger partial charge is 0.239 e. The zero-order chi connectivity index (χ0) is 11.4. The van der Waals surface area contributed by atoms with E-state index in [1.165, 1.54) is 18.9 Å². The highest BCUT2D eigenvalue weighted by molar-refractivity contribution is 5.80. The summed E-state index contributed by atoms with van der Waals surface area (Å²) in [4.78, 5) is 14.9. The second kappa shape index (κ2) is 4.92. The van der Waals surface area contributed by atoms with Crippen LogP contribution in [0.15, 0.2) is 18.2 Å². The maximum atomic E-state index is 12.7. The minimum atomic E-state index is -0.552. The molecule has 0 aliphatic heterocycles. The van der Waals surface area contributed by atoms with Gasteiger partial charge in [0.05, 0.1) is 6.54 Å². The molecule has 1 amide bonds. The number of carbonyl (C=O) groups is 1. The summed E-state index contributed by atoms with van der Waals surface area (Å²) < 4.78 is 12.7. The molecule has 1 saturated carbocycles. The number of halogens is 1. The van der Waals surface area contributed by atoms with Gasteiger partial charge in [-0.3, -0.25) is 4.79 Å². The third-order valence-electron chi connectivity index (χ3n) is 2.43. The molecular formula is C11H14FN3O. The van der Waals surface area contributed by atoms with Crippen molar-refractivity contribution in [2.45, 2.75) is 12.8 Å². The molecular weight excluding hydrogens is 209 g/mol. The quantitative estimate of drug-likeness (QED) is 0.736. The molecule has 0 saturated heterocycles. The first-order valence-corrected chi connectivity index (χ1v) is 5.37. The summed E-state index contributed by atoms with van der Waals surface area (Å²) in [5.74, 6) is 0.402. The number of amides is 1. The summed E-state index contributed by atoms with van der Waals surface area (Å²) in [6.45, 7) is 0.875. The van der Waals surface area contributed by atoms with E-state index < -0.39 is 5.95 Å². The molecule has 16 heavy (non-hydrogen) atoms. The van der Waals surface area contributed by atoms with E-state index in [4.69, 9.17) is 0 Å². The van der Waals surface area contributed by atoms with Crippen molar-refractivity contribution >= 4 is 11.7 Å². The molecule has 5 heteroatoms. The van der Waals surface area contributed by atoms with Gasteiger partial charge >= 0.3 is 0 Å². The number of aromatic nitrogens is 1. The third kappa shape index (κ3) is 3.49. The molecule has 2 rings (SSSR count). The van der Waals surface area contributed by atoms with Crippen LogP contribution in [-0.4, -0.2) is 24.0 Å². The van der Waals surface area contributed by atoms with Gasteiger partial charge in [0, 0.05) is 6.54 Å². The molecule has 1 aliphatic carbocycles. The summed E-state index contributed by atoms with van der Waals surface area (Å²) in [6, 6.07) is 4.43. The highest BCUT2D eigenvalue weighted by atomic mass is 19.1. The molecule has 1 fully saturated rings. The minimum absolute atomic E-state index is 0.0852. The van der Waals surface area contributed by atoms with Crippen molar-refractivity contribution in [1.29, 1.82) is 0 Å².